The monoisotopic (exact) mass is 272 g/mol. The smallest absolute Gasteiger partial charge is 0.0408 e. The van der Waals surface area contributed by atoms with E-state index in [1.54, 1.807) is 0 Å². The van der Waals surface area contributed by atoms with Crippen LogP contribution in [0.25, 0.3) is 0 Å². The first-order valence-electron chi connectivity index (χ1n) is 5.38. The maximum absolute atomic E-state index is 3.83. The van der Waals surface area contributed by atoms with Crippen molar-refractivity contribution in [3.05, 3.63) is 21.4 Å². The molecule has 0 nitrogen and oxygen atoms in total. The van der Waals surface area contributed by atoms with Gasteiger partial charge in [0.2, 0.25) is 0 Å². The van der Waals surface area contributed by atoms with Crippen LogP contribution >= 0.6 is 27.3 Å². The molecule has 0 amide bonds. The Hall–Kier alpha value is 0.180. The Kier molecular flexibility index (Phi) is 3.33. The minimum Gasteiger partial charge on any atom is -0.146 e. The Bertz CT molecular complexity index is 312. The third kappa shape index (κ3) is 2.22. The summed E-state index contributed by atoms with van der Waals surface area (Å²) >= 11 is 5.75. The molecule has 1 aromatic rings. The van der Waals surface area contributed by atoms with Gasteiger partial charge in [-0.2, -0.15) is 0 Å². The van der Waals surface area contributed by atoms with E-state index in [0.717, 1.165) is 5.92 Å². The van der Waals surface area contributed by atoms with E-state index in [4.69, 9.17) is 0 Å². The zero-order chi connectivity index (χ0) is 10.1. The lowest BCUT2D eigenvalue weighted by Gasteiger charge is -2.27. The molecule has 0 aliphatic heterocycles. The summed E-state index contributed by atoms with van der Waals surface area (Å²) in [6, 6.07) is 2.35. The highest BCUT2D eigenvalue weighted by atomic mass is 79.9. The van der Waals surface area contributed by atoms with Gasteiger partial charge in [-0.3, -0.25) is 0 Å². The molecule has 1 aromatic heterocycles. The first-order valence-corrected chi connectivity index (χ1v) is 7.11. The van der Waals surface area contributed by atoms with Crippen molar-refractivity contribution < 1.29 is 0 Å². The minimum atomic E-state index is 0.595. The number of alkyl halides is 1. The third-order valence-corrected chi connectivity index (χ3v) is 5.03. The number of rotatable bonds is 3. The highest BCUT2D eigenvalue weighted by molar-refractivity contribution is 9.09. The molecule has 78 valence electrons. The molecule has 1 saturated carbocycles. The quantitative estimate of drug-likeness (QED) is 0.680. The molecule has 0 spiro atoms. The molecule has 1 unspecified atom stereocenters. The molecule has 2 rings (SSSR count). The molecule has 1 atom stereocenters. The largest absolute Gasteiger partial charge is 0.146 e. The zero-order valence-electron chi connectivity index (χ0n) is 8.85. The Morgan fingerprint density at radius 1 is 1.50 bits per heavy atom. The Balaban J connectivity index is 2.02. The molecular formula is C12H17BrS. The van der Waals surface area contributed by atoms with Gasteiger partial charge in [-0.15, -0.1) is 11.3 Å². The van der Waals surface area contributed by atoms with Crippen molar-refractivity contribution in [2.75, 3.05) is 0 Å². The maximum Gasteiger partial charge on any atom is 0.0408 e. The summed E-state index contributed by atoms with van der Waals surface area (Å²) in [4.78, 5) is 3.53. The van der Waals surface area contributed by atoms with Crippen LogP contribution in [-0.4, -0.2) is 0 Å². The highest BCUT2D eigenvalue weighted by Gasteiger charge is 2.22. The molecule has 0 bridgehead atoms. The molecule has 1 aliphatic rings. The predicted molar refractivity (Wildman–Crippen MR) is 67.4 cm³/mol. The van der Waals surface area contributed by atoms with Gasteiger partial charge < -0.3 is 0 Å². The number of halogens is 1. The first kappa shape index (κ1) is 10.7. The van der Waals surface area contributed by atoms with E-state index in [-0.39, 0.29) is 0 Å². The molecule has 0 saturated heterocycles. The van der Waals surface area contributed by atoms with Gasteiger partial charge in [-0.25, -0.2) is 0 Å². The molecule has 0 aromatic carbocycles. The van der Waals surface area contributed by atoms with Crippen molar-refractivity contribution >= 4 is 27.3 Å². The number of aryl methyl sites for hydroxylation is 2. The Labute approximate surface area is 98.9 Å². The van der Waals surface area contributed by atoms with Crippen LogP contribution in [0.1, 0.15) is 45.8 Å². The average Bonchev–Trinajstić information content (AvgIpc) is 2.37. The Morgan fingerprint density at radius 3 is 2.64 bits per heavy atom. The van der Waals surface area contributed by atoms with Gasteiger partial charge in [0.05, 0.1) is 0 Å². The third-order valence-electron chi connectivity index (χ3n) is 3.18. The minimum absolute atomic E-state index is 0.595. The summed E-state index contributed by atoms with van der Waals surface area (Å²) in [7, 11) is 0. The van der Waals surface area contributed by atoms with Crippen LogP contribution in [0, 0.1) is 19.8 Å². The molecule has 1 fully saturated rings. The van der Waals surface area contributed by atoms with Crippen molar-refractivity contribution in [3.63, 3.8) is 0 Å². The molecule has 2 heteroatoms. The fourth-order valence-electron chi connectivity index (χ4n) is 2.11. The summed E-state index contributed by atoms with van der Waals surface area (Å²) in [5.41, 5.74) is 1.53. The average molecular weight is 273 g/mol. The van der Waals surface area contributed by atoms with Crippen LogP contribution < -0.4 is 0 Å². The van der Waals surface area contributed by atoms with Gasteiger partial charge in [0, 0.05) is 14.6 Å². The van der Waals surface area contributed by atoms with Gasteiger partial charge >= 0.3 is 0 Å². The van der Waals surface area contributed by atoms with Crippen molar-refractivity contribution in [3.8, 4) is 0 Å². The van der Waals surface area contributed by atoms with Gasteiger partial charge in [0.1, 0.15) is 0 Å². The standard InChI is InChI=1S/C12H17BrS/c1-8-6-11(9(2)14-8)12(13)7-10-4-3-5-10/h6,10,12H,3-5,7H2,1-2H3. The molecule has 1 heterocycles. The van der Waals surface area contributed by atoms with E-state index in [0.29, 0.717) is 4.83 Å². The van der Waals surface area contributed by atoms with E-state index in [2.05, 4.69) is 35.8 Å². The molecule has 0 N–H and O–H groups in total. The highest BCUT2D eigenvalue weighted by Crippen LogP contribution is 2.41. The van der Waals surface area contributed by atoms with Gasteiger partial charge in [0.25, 0.3) is 0 Å². The summed E-state index contributed by atoms with van der Waals surface area (Å²) in [6.45, 7) is 4.44. The number of hydrogen-bond donors (Lipinski definition) is 0. The fraction of sp³-hybridized carbons (Fsp3) is 0.667. The van der Waals surface area contributed by atoms with Crippen LogP contribution in [0.2, 0.25) is 0 Å². The number of thiophene rings is 1. The second-order valence-electron chi connectivity index (χ2n) is 4.37. The zero-order valence-corrected chi connectivity index (χ0v) is 11.2. The molecular weight excluding hydrogens is 256 g/mol. The molecule has 0 radical (unpaired) electrons. The lowest BCUT2D eigenvalue weighted by atomic mass is 9.81. The normalized spacial score (nSPS) is 19.4. The van der Waals surface area contributed by atoms with E-state index < -0.39 is 0 Å². The van der Waals surface area contributed by atoms with Gasteiger partial charge in [0.15, 0.2) is 0 Å². The summed E-state index contributed by atoms with van der Waals surface area (Å²) < 4.78 is 0. The van der Waals surface area contributed by atoms with Gasteiger partial charge in [-0.1, -0.05) is 35.2 Å². The van der Waals surface area contributed by atoms with Crippen molar-refractivity contribution in [1.82, 2.24) is 0 Å². The van der Waals surface area contributed by atoms with Crippen molar-refractivity contribution in [2.45, 2.75) is 44.4 Å². The van der Waals surface area contributed by atoms with Crippen molar-refractivity contribution in [1.29, 1.82) is 0 Å². The van der Waals surface area contributed by atoms with E-state index in [1.165, 1.54) is 41.0 Å². The van der Waals surface area contributed by atoms with Crippen LogP contribution in [0.3, 0.4) is 0 Å². The molecule has 1 aliphatic carbocycles. The predicted octanol–water partition coefficient (Wildman–Crippen LogP) is 4.99. The Morgan fingerprint density at radius 2 is 2.21 bits per heavy atom. The summed E-state index contributed by atoms with van der Waals surface area (Å²) in [5.74, 6) is 0.985. The van der Waals surface area contributed by atoms with Crippen LogP contribution in [0.4, 0.5) is 0 Å². The van der Waals surface area contributed by atoms with Crippen LogP contribution in [0.5, 0.6) is 0 Å². The first-order chi connectivity index (χ1) is 6.66. The lowest BCUT2D eigenvalue weighted by molar-refractivity contribution is 0.295. The summed E-state index contributed by atoms with van der Waals surface area (Å²) in [6.07, 6.45) is 5.68. The van der Waals surface area contributed by atoms with E-state index >= 15 is 0 Å². The second-order valence-corrected chi connectivity index (χ2v) is 6.93. The number of hydrogen-bond acceptors (Lipinski definition) is 1. The topological polar surface area (TPSA) is 0 Å². The van der Waals surface area contributed by atoms with E-state index in [1.807, 2.05) is 11.3 Å². The van der Waals surface area contributed by atoms with Crippen molar-refractivity contribution in [2.24, 2.45) is 5.92 Å². The SMILES string of the molecule is Cc1cc(C(Br)CC2CCC2)c(C)s1. The van der Waals surface area contributed by atoms with Crippen LogP contribution in [0.15, 0.2) is 6.07 Å². The lowest BCUT2D eigenvalue weighted by Crippen LogP contribution is -2.12. The van der Waals surface area contributed by atoms with Gasteiger partial charge in [-0.05, 0) is 37.8 Å². The van der Waals surface area contributed by atoms with Crippen LogP contribution in [-0.2, 0) is 0 Å². The molecule has 14 heavy (non-hydrogen) atoms. The fourth-order valence-corrected chi connectivity index (χ4v) is 4.25. The maximum atomic E-state index is 3.83. The summed E-state index contributed by atoms with van der Waals surface area (Å²) in [5, 5.41) is 0. The van der Waals surface area contributed by atoms with E-state index in [9.17, 15) is 0 Å². The second kappa shape index (κ2) is 4.36.